The maximum atomic E-state index is 12.2. The summed E-state index contributed by atoms with van der Waals surface area (Å²) in [7, 11) is -1.29. The minimum atomic E-state index is -1.29. The first-order valence-corrected chi connectivity index (χ1v) is 9.70. The van der Waals surface area contributed by atoms with Gasteiger partial charge >= 0.3 is 5.97 Å². The smallest absolute Gasteiger partial charge is 0.339 e. The van der Waals surface area contributed by atoms with Gasteiger partial charge in [-0.1, -0.05) is 25.1 Å². The van der Waals surface area contributed by atoms with Gasteiger partial charge in [0.1, 0.15) is 0 Å². The van der Waals surface area contributed by atoms with Crippen LogP contribution in [0.2, 0.25) is 0 Å². The molecule has 1 N–H and O–H groups in total. The molecule has 2 aromatic carbocycles. The fourth-order valence-electron chi connectivity index (χ4n) is 2.50. The van der Waals surface area contributed by atoms with Crippen molar-refractivity contribution in [1.29, 1.82) is 0 Å². The number of esters is 1. The Morgan fingerprint density at radius 2 is 1.93 bits per heavy atom. The highest BCUT2D eigenvalue weighted by molar-refractivity contribution is 7.85. The third kappa shape index (κ3) is 4.65. The van der Waals surface area contributed by atoms with Gasteiger partial charge in [0.05, 0.1) is 21.3 Å². The molecular formula is C19H19NO6S. The summed E-state index contributed by atoms with van der Waals surface area (Å²) in [6, 6.07) is 11.9. The summed E-state index contributed by atoms with van der Waals surface area (Å²) in [5, 5.41) is 2.67. The van der Waals surface area contributed by atoms with E-state index in [2.05, 4.69) is 5.32 Å². The molecule has 1 heterocycles. The number of nitrogens with one attached hydrogen (secondary N) is 1. The molecule has 0 bridgehead atoms. The predicted molar refractivity (Wildman–Crippen MR) is 98.1 cm³/mol. The number of carbonyl (C=O) groups is 2. The molecule has 27 heavy (non-hydrogen) atoms. The lowest BCUT2D eigenvalue weighted by molar-refractivity contribution is -0.124. The molecule has 0 unspecified atom stereocenters. The minimum absolute atomic E-state index is 0.186. The van der Waals surface area contributed by atoms with Crippen LogP contribution < -0.4 is 14.8 Å². The lowest BCUT2D eigenvalue weighted by Gasteiger charge is -2.09. The van der Waals surface area contributed by atoms with E-state index in [-0.39, 0.29) is 18.9 Å². The third-order valence-electron chi connectivity index (χ3n) is 3.88. The second-order valence-electron chi connectivity index (χ2n) is 5.67. The van der Waals surface area contributed by atoms with Gasteiger partial charge < -0.3 is 19.5 Å². The molecular weight excluding hydrogens is 370 g/mol. The zero-order chi connectivity index (χ0) is 19.2. The van der Waals surface area contributed by atoms with Crippen molar-refractivity contribution in [1.82, 2.24) is 5.32 Å². The van der Waals surface area contributed by atoms with Crippen LogP contribution in [-0.4, -0.2) is 35.2 Å². The Balaban J connectivity index is 1.52. The van der Waals surface area contributed by atoms with Crippen LogP contribution in [0.1, 0.15) is 22.8 Å². The summed E-state index contributed by atoms with van der Waals surface area (Å²) in [5.41, 5.74) is 1.05. The standard InChI is InChI=1S/C19H19NO6S/c1-2-27(23)17-6-4-3-5-14(17)19(22)24-11-18(21)20-10-13-7-8-15-16(9-13)26-12-25-15/h3-9H,2,10-12H2,1H3,(H,20,21)/t27-/m0/s1. The number of hydrogen-bond donors (Lipinski definition) is 1. The zero-order valence-corrected chi connectivity index (χ0v) is 15.5. The van der Waals surface area contributed by atoms with Gasteiger partial charge in [0.15, 0.2) is 18.1 Å². The van der Waals surface area contributed by atoms with Crippen molar-refractivity contribution < 1.29 is 28.0 Å². The van der Waals surface area contributed by atoms with E-state index in [0.29, 0.717) is 22.1 Å². The van der Waals surface area contributed by atoms with E-state index in [1.165, 1.54) is 6.07 Å². The van der Waals surface area contributed by atoms with E-state index in [1.54, 1.807) is 37.3 Å². The van der Waals surface area contributed by atoms with Crippen molar-refractivity contribution in [3.05, 3.63) is 53.6 Å². The Labute approximate surface area is 159 Å². The number of rotatable bonds is 7. The topological polar surface area (TPSA) is 90.9 Å². The number of fused-ring (bicyclic) bond motifs is 1. The lowest BCUT2D eigenvalue weighted by Crippen LogP contribution is -2.28. The quantitative estimate of drug-likeness (QED) is 0.729. The zero-order valence-electron chi connectivity index (χ0n) is 14.7. The first kappa shape index (κ1) is 18.9. The van der Waals surface area contributed by atoms with E-state index in [0.717, 1.165) is 5.56 Å². The van der Waals surface area contributed by atoms with Crippen molar-refractivity contribution in [3.8, 4) is 11.5 Å². The van der Waals surface area contributed by atoms with Gasteiger partial charge in [-0.2, -0.15) is 0 Å². The lowest BCUT2D eigenvalue weighted by atomic mass is 10.2. The molecule has 0 saturated carbocycles. The van der Waals surface area contributed by atoms with Crippen LogP contribution in [0.25, 0.3) is 0 Å². The van der Waals surface area contributed by atoms with E-state index in [9.17, 15) is 13.8 Å². The molecule has 1 aliphatic rings. The van der Waals surface area contributed by atoms with E-state index in [4.69, 9.17) is 14.2 Å². The minimum Gasteiger partial charge on any atom is -0.454 e. The number of carbonyl (C=O) groups excluding carboxylic acids is 2. The molecule has 0 aliphatic carbocycles. The molecule has 2 aromatic rings. The monoisotopic (exact) mass is 389 g/mol. The maximum Gasteiger partial charge on any atom is 0.339 e. The van der Waals surface area contributed by atoms with Crippen LogP contribution in [0.5, 0.6) is 11.5 Å². The Hall–Kier alpha value is -2.87. The SMILES string of the molecule is CC[S@](=O)c1ccccc1C(=O)OCC(=O)NCc1ccc2c(c1)OCO2. The van der Waals surface area contributed by atoms with Crippen LogP contribution in [-0.2, 0) is 26.9 Å². The van der Waals surface area contributed by atoms with Gasteiger partial charge in [-0.3, -0.25) is 9.00 Å². The first-order valence-electron chi connectivity index (χ1n) is 8.38. The molecule has 1 atom stereocenters. The van der Waals surface area contributed by atoms with Gasteiger partial charge in [0, 0.05) is 12.3 Å². The Kier molecular flexibility index (Phi) is 6.08. The summed E-state index contributed by atoms with van der Waals surface area (Å²) < 4.78 is 27.6. The second kappa shape index (κ2) is 8.68. The highest BCUT2D eigenvalue weighted by Gasteiger charge is 2.17. The molecule has 0 spiro atoms. The summed E-state index contributed by atoms with van der Waals surface area (Å²) in [6.07, 6.45) is 0. The number of amides is 1. The van der Waals surface area contributed by atoms with E-state index in [1.807, 2.05) is 6.07 Å². The number of ether oxygens (including phenoxy) is 3. The summed E-state index contributed by atoms with van der Waals surface area (Å²) >= 11 is 0. The molecule has 0 aromatic heterocycles. The predicted octanol–water partition coefficient (Wildman–Crippen LogP) is 2.02. The van der Waals surface area contributed by atoms with E-state index >= 15 is 0 Å². The van der Waals surface area contributed by atoms with Crippen LogP contribution in [0.3, 0.4) is 0 Å². The van der Waals surface area contributed by atoms with Crippen LogP contribution in [0, 0.1) is 0 Å². The van der Waals surface area contributed by atoms with Crippen molar-refractivity contribution in [2.24, 2.45) is 0 Å². The van der Waals surface area contributed by atoms with Crippen molar-refractivity contribution in [2.75, 3.05) is 19.2 Å². The first-order chi connectivity index (χ1) is 13.1. The molecule has 0 radical (unpaired) electrons. The summed E-state index contributed by atoms with van der Waals surface area (Å²) in [5.74, 6) is 0.580. The second-order valence-corrected chi connectivity index (χ2v) is 7.38. The fraction of sp³-hybridized carbons (Fsp3) is 0.263. The Bertz CT molecular complexity index is 882. The van der Waals surface area contributed by atoms with Crippen molar-refractivity contribution >= 4 is 22.7 Å². The van der Waals surface area contributed by atoms with E-state index < -0.39 is 29.3 Å². The molecule has 1 aliphatic heterocycles. The molecule has 1 amide bonds. The maximum absolute atomic E-state index is 12.2. The molecule has 3 rings (SSSR count). The summed E-state index contributed by atoms with van der Waals surface area (Å²) in [4.78, 5) is 24.6. The van der Waals surface area contributed by atoms with Gasteiger partial charge in [-0.15, -0.1) is 0 Å². The third-order valence-corrected chi connectivity index (χ3v) is 5.25. The summed E-state index contributed by atoms with van der Waals surface area (Å²) in [6.45, 7) is 1.80. The molecule has 7 nitrogen and oxygen atoms in total. The van der Waals surface area contributed by atoms with Crippen LogP contribution >= 0.6 is 0 Å². The average Bonchev–Trinajstić information content (AvgIpc) is 3.17. The molecule has 8 heteroatoms. The fourth-order valence-corrected chi connectivity index (χ4v) is 3.44. The molecule has 142 valence electrons. The number of benzene rings is 2. The van der Waals surface area contributed by atoms with Crippen molar-refractivity contribution in [2.45, 2.75) is 18.4 Å². The average molecular weight is 389 g/mol. The largest absolute Gasteiger partial charge is 0.454 e. The van der Waals surface area contributed by atoms with Gasteiger partial charge in [0.25, 0.3) is 5.91 Å². The van der Waals surface area contributed by atoms with Gasteiger partial charge in [0.2, 0.25) is 6.79 Å². The Morgan fingerprint density at radius 3 is 2.74 bits per heavy atom. The van der Waals surface area contributed by atoms with Gasteiger partial charge in [-0.25, -0.2) is 4.79 Å². The van der Waals surface area contributed by atoms with Crippen molar-refractivity contribution in [3.63, 3.8) is 0 Å². The molecule has 0 saturated heterocycles. The molecule has 0 fully saturated rings. The van der Waals surface area contributed by atoms with Gasteiger partial charge in [-0.05, 0) is 29.8 Å². The number of hydrogen-bond acceptors (Lipinski definition) is 6. The highest BCUT2D eigenvalue weighted by Crippen LogP contribution is 2.32. The van der Waals surface area contributed by atoms with Crippen LogP contribution in [0.15, 0.2) is 47.4 Å². The van der Waals surface area contributed by atoms with Crippen LogP contribution in [0.4, 0.5) is 0 Å². The normalized spacial score (nSPS) is 13.1. The highest BCUT2D eigenvalue weighted by atomic mass is 32.2. The Morgan fingerprint density at radius 1 is 1.15 bits per heavy atom.